The predicted octanol–water partition coefficient (Wildman–Crippen LogP) is 5.49. The fourth-order valence-corrected chi connectivity index (χ4v) is 6.44. The van der Waals surface area contributed by atoms with E-state index in [0.29, 0.717) is 54.2 Å². The van der Waals surface area contributed by atoms with Gasteiger partial charge in [-0.3, -0.25) is 4.79 Å². The molecule has 3 aromatic rings. The number of likely N-dealkylation sites (tertiary alicyclic amines) is 1. The molecule has 0 aliphatic carbocycles. The van der Waals surface area contributed by atoms with Gasteiger partial charge >= 0.3 is 6.03 Å². The number of aromatic nitrogens is 2. The molecule has 0 saturated carbocycles. The number of Topliss-reactive ketones (excluding diaryl/α,β-unsaturated/α-hetero) is 1. The van der Waals surface area contributed by atoms with E-state index in [9.17, 15) is 9.59 Å². The van der Waals surface area contributed by atoms with Gasteiger partial charge in [-0.25, -0.2) is 9.78 Å². The van der Waals surface area contributed by atoms with Crippen LogP contribution in [0.1, 0.15) is 43.0 Å². The number of amides is 2. The summed E-state index contributed by atoms with van der Waals surface area (Å²) in [6, 6.07) is 16.0. The molecule has 4 heterocycles. The second-order valence-electron chi connectivity index (χ2n) is 11.5. The molecule has 11 heteroatoms. The Morgan fingerprint density at radius 3 is 2.12 bits per heavy atom. The van der Waals surface area contributed by atoms with E-state index < -0.39 is 0 Å². The predicted molar refractivity (Wildman–Crippen MR) is 172 cm³/mol. The van der Waals surface area contributed by atoms with Crippen molar-refractivity contribution in [2.24, 2.45) is 0 Å². The largest absolute Gasteiger partial charge is 0.371 e. The van der Waals surface area contributed by atoms with Crippen LogP contribution in [0.2, 0.25) is 5.02 Å². The molecule has 3 aliphatic rings. The van der Waals surface area contributed by atoms with E-state index in [2.05, 4.69) is 54.6 Å². The normalized spacial score (nSPS) is 18.1. The van der Waals surface area contributed by atoms with E-state index in [4.69, 9.17) is 16.6 Å². The molecule has 43 heavy (non-hydrogen) atoms. The molecule has 3 fully saturated rings. The first-order valence-corrected chi connectivity index (χ1v) is 15.6. The number of piperidine rings is 1. The fraction of sp³-hybridized carbons (Fsp3) is 0.438. The number of nitrogens with one attached hydrogen (secondary N) is 2. The summed E-state index contributed by atoms with van der Waals surface area (Å²) in [6.45, 7) is 8.49. The van der Waals surface area contributed by atoms with E-state index in [-0.39, 0.29) is 11.8 Å². The van der Waals surface area contributed by atoms with E-state index in [0.717, 1.165) is 24.8 Å². The lowest BCUT2D eigenvalue weighted by Crippen LogP contribution is -2.50. The van der Waals surface area contributed by atoms with Crippen molar-refractivity contribution >= 4 is 52.2 Å². The van der Waals surface area contributed by atoms with Crippen LogP contribution in [0.5, 0.6) is 0 Å². The second-order valence-corrected chi connectivity index (χ2v) is 11.9. The highest BCUT2D eigenvalue weighted by molar-refractivity contribution is 6.32. The van der Waals surface area contributed by atoms with Crippen LogP contribution in [0.3, 0.4) is 0 Å². The fourth-order valence-electron chi connectivity index (χ4n) is 6.23. The van der Waals surface area contributed by atoms with Crippen LogP contribution in [0.25, 0.3) is 0 Å². The maximum Gasteiger partial charge on any atom is 0.321 e. The Morgan fingerprint density at radius 2 is 1.47 bits per heavy atom. The number of hydrogen-bond acceptors (Lipinski definition) is 8. The zero-order valence-electron chi connectivity index (χ0n) is 24.6. The first-order valence-electron chi connectivity index (χ1n) is 15.2. The van der Waals surface area contributed by atoms with Gasteiger partial charge in [-0.1, -0.05) is 11.6 Å². The highest BCUT2D eigenvalue weighted by Crippen LogP contribution is 2.29. The molecule has 0 bridgehead atoms. The van der Waals surface area contributed by atoms with Crippen LogP contribution in [-0.2, 0) is 0 Å². The van der Waals surface area contributed by atoms with Crippen LogP contribution in [-0.4, -0.2) is 90.0 Å². The summed E-state index contributed by atoms with van der Waals surface area (Å²) in [5.41, 5.74) is 3.43. The molecule has 2 aromatic carbocycles. The van der Waals surface area contributed by atoms with Crippen LogP contribution < -0.4 is 20.4 Å². The topological polar surface area (TPSA) is 96.9 Å². The van der Waals surface area contributed by atoms with Gasteiger partial charge in [-0.2, -0.15) is 4.98 Å². The average molecular weight is 603 g/mol. The molecule has 226 valence electrons. The Balaban J connectivity index is 1.01. The monoisotopic (exact) mass is 602 g/mol. The first kappa shape index (κ1) is 29.2. The summed E-state index contributed by atoms with van der Waals surface area (Å²) in [5.74, 6) is 1.12. The minimum Gasteiger partial charge on any atom is -0.371 e. The highest BCUT2D eigenvalue weighted by atomic mass is 35.5. The number of rotatable bonds is 7. The Hall–Kier alpha value is -3.89. The summed E-state index contributed by atoms with van der Waals surface area (Å²) in [4.78, 5) is 42.4. The van der Waals surface area contributed by atoms with Gasteiger partial charge in [-0.15, -0.1) is 0 Å². The maximum absolute atomic E-state index is 12.8. The van der Waals surface area contributed by atoms with Gasteiger partial charge in [0.2, 0.25) is 5.95 Å². The molecule has 6 rings (SSSR count). The summed E-state index contributed by atoms with van der Waals surface area (Å²) in [5, 5.41) is 6.70. The van der Waals surface area contributed by atoms with Crippen molar-refractivity contribution in [3.63, 3.8) is 0 Å². The molecule has 1 aromatic heterocycles. The zero-order valence-corrected chi connectivity index (χ0v) is 25.4. The molecule has 10 nitrogen and oxygen atoms in total. The number of halogens is 1. The summed E-state index contributed by atoms with van der Waals surface area (Å²) in [7, 11) is 0. The van der Waals surface area contributed by atoms with E-state index >= 15 is 0 Å². The first-order chi connectivity index (χ1) is 20.9. The number of carbonyl (C=O) groups is 2. The molecule has 3 aliphatic heterocycles. The van der Waals surface area contributed by atoms with Gasteiger partial charge < -0.3 is 30.2 Å². The maximum atomic E-state index is 12.8. The third-order valence-corrected chi connectivity index (χ3v) is 9.01. The number of urea groups is 1. The van der Waals surface area contributed by atoms with Crippen LogP contribution in [0, 0.1) is 0 Å². The molecular weight excluding hydrogens is 564 g/mol. The van der Waals surface area contributed by atoms with Crippen LogP contribution in [0.4, 0.5) is 33.6 Å². The second kappa shape index (κ2) is 13.2. The molecule has 0 unspecified atom stereocenters. The van der Waals surface area contributed by atoms with Crippen molar-refractivity contribution in [1.29, 1.82) is 0 Å². The molecule has 0 radical (unpaired) electrons. The standard InChI is InChI=1S/C32H39ClN8O2/c1-23(42)24-4-6-26(7-5-24)36-32(43)41-20-18-40(19-21-41)30-29(33)22-34-31(37-30)35-25-8-10-27(11-9-25)39-16-12-28(13-17-39)38-14-2-3-15-38/h4-11,22,28H,2-3,12-21H2,1H3,(H,36,43)(H,34,35,37). The van der Waals surface area contributed by atoms with Crippen molar-refractivity contribution in [3.8, 4) is 0 Å². The zero-order chi connectivity index (χ0) is 29.8. The number of carbonyl (C=O) groups excluding carboxylic acids is 2. The third-order valence-electron chi connectivity index (χ3n) is 8.74. The van der Waals surface area contributed by atoms with Gasteiger partial charge in [0, 0.05) is 67.9 Å². The Labute approximate surface area is 258 Å². The van der Waals surface area contributed by atoms with E-state index in [1.54, 1.807) is 35.4 Å². The molecule has 2 amide bonds. The van der Waals surface area contributed by atoms with Crippen molar-refractivity contribution in [3.05, 3.63) is 65.3 Å². The highest BCUT2D eigenvalue weighted by Gasteiger charge is 2.27. The molecule has 0 atom stereocenters. The smallest absolute Gasteiger partial charge is 0.321 e. The van der Waals surface area contributed by atoms with Gasteiger partial charge in [0.05, 0.1) is 6.20 Å². The van der Waals surface area contributed by atoms with Gasteiger partial charge in [-0.05, 0) is 94.2 Å². The van der Waals surface area contributed by atoms with Gasteiger partial charge in [0.25, 0.3) is 0 Å². The van der Waals surface area contributed by atoms with Crippen molar-refractivity contribution in [2.75, 3.05) is 72.8 Å². The van der Waals surface area contributed by atoms with E-state index in [1.165, 1.54) is 51.4 Å². The molecule has 2 N–H and O–H groups in total. The number of anilines is 5. The molecule has 3 saturated heterocycles. The molecule has 0 spiro atoms. The number of ketones is 1. The van der Waals surface area contributed by atoms with E-state index in [1.807, 2.05) is 0 Å². The summed E-state index contributed by atoms with van der Waals surface area (Å²) >= 11 is 6.51. The lowest BCUT2D eigenvalue weighted by atomic mass is 10.0. The number of piperazine rings is 1. The van der Waals surface area contributed by atoms with Crippen molar-refractivity contribution in [1.82, 2.24) is 19.8 Å². The summed E-state index contributed by atoms with van der Waals surface area (Å²) < 4.78 is 0. The quantitative estimate of drug-likeness (QED) is 0.343. The number of hydrogen-bond donors (Lipinski definition) is 2. The molecular formula is C32H39ClN8O2. The third kappa shape index (κ3) is 7.02. The number of nitrogens with zero attached hydrogens (tertiary/aromatic N) is 6. The van der Waals surface area contributed by atoms with Gasteiger partial charge in [0.1, 0.15) is 5.02 Å². The van der Waals surface area contributed by atoms with Crippen LogP contribution >= 0.6 is 11.6 Å². The minimum absolute atomic E-state index is 0.00710. The SMILES string of the molecule is CC(=O)c1ccc(NC(=O)N2CCN(c3nc(Nc4ccc(N5CCC(N6CCCC6)CC5)cc4)ncc3Cl)CC2)cc1. The summed E-state index contributed by atoms with van der Waals surface area (Å²) in [6.07, 6.45) is 6.79. The van der Waals surface area contributed by atoms with Crippen molar-refractivity contribution in [2.45, 2.75) is 38.6 Å². The lowest BCUT2D eigenvalue weighted by molar-refractivity contribution is 0.101. The van der Waals surface area contributed by atoms with Gasteiger partial charge in [0.15, 0.2) is 11.6 Å². The minimum atomic E-state index is -0.175. The Morgan fingerprint density at radius 1 is 0.814 bits per heavy atom. The Kier molecular flexibility index (Phi) is 8.95. The Bertz CT molecular complexity index is 1410. The lowest BCUT2D eigenvalue weighted by Gasteiger charge is -2.37. The van der Waals surface area contributed by atoms with Crippen molar-refractivity contribution < 1.29 is 9.59 Å². The number of benzene rings is 2. The average Bonchev–Trinajstić information content (AvgIpc) is 3.58. The van der Waals surface area contributed by atoms with Crippen LogP contribution in [0.15, 0.2) is 54.7 Å².